The highest BCUT2D eigenvalue weighted by atomic mass is 33.3. The van der Waals surface area contributed by atoms with Crippen LogP contribution in [-0.4, -0.2) is 51.6 Å². The van der Waals surface area contributed by atoms with Gasteiger partial charge in [-0.3, -0.25) is 0 Å². The summed E-state index contributed by atoms with van der Waals surface area (Å²) in [5, 5.41) is 0. The van der Waals surface area contributed by atoms with Crippen molar-refractivity contribution < 1.29 is 16.8 Å². The second-order valence-corrected chi connectivity index (χ2v) is 40.3. The Morgan fingerprint density at radius 2 is 1.33 bits per heavy atom. The molecule has 0 saturated heterocycles. The van der Waals surface area contributed by atoms with Gasteiger partial charge in [0.1, 0.15) is 0 Å². The minimum Gasteiger partial charge on any atom is -0.207 e. The number of nitrogens with zero attached hydrogens (tertiary/aromatic N) is 2. The molecule has 0 saturated carbocycles. The summed E-state index contributed by atoms with van der Waals surface area (Å²) in [6.07, 6.45) is 3.53. The molecule has 258 valence electrons. The van der Waals surface area contributed by atoms with Crippen LogP contribution in [0.1, 0.15) is 25.0 Å². The number of rotatable bonds is 9. The van der Waals surface area contributed by atoms with Crippen molar-refractivity contribution in [2.24, 2.45) is 0 Å². The van der Waals surface area contributed by atoms with Crippen molar-refractivity contribution in [3.63, 3.8) is 0 Å². The molecule has 46 heavy (non-hydrogen) atoms. The molecule has 6 nitrogen and oxygen atoms in total. The lowest BCUT2D eigenvalue weighted by Gasteiger charge is -2.20. The zero-order valence-electron chi connectivity index (χ0n) is 26.0. The molecule has 0 N–H and O–H groups in total. The lowest BCUT2D eigenvalue weighted by Crippen LogP contribution is -2.32. The molecular formula is C26H42N2O4P6S8. The Kier molecular flexibility index (Phi) is 26.1. The lowest BCUT2D eigenvalue weighted by atomic mass is 10.2. The Balaban J connectivity index is 0.000000657. The van der Waals surface area contributed by atoms with Gasteiger partial charge in [-0.2, -0.15) is 8.61 Å². The van der Waals surface area contributed by atoms with Crippen molar-refractivity contribution in [3.8, 4) is 0 Å². The van der Waals surface area contributed by atoms with Crippen LogP contribution < -0.4 is 0 Å². The zero-order valence-corrected chi connectivity index (χ0v) is 39.0. The molecule has 1 aliphatic rings. The first-order chi connectivity index (χ1) is 21.4. The summed E-state index contributed by atoms with van der Waals surface area (Å²) in [5.74, 6) is 0. The van der Waals surface area contributed by atoms with E-state index in [1.54, 1.807) is 49.4 Å². The molecule has 2 aromatic rings. The monoisotopic (exact) mass is 888 g/mol. The molecule has 0 radical (unpaired) electrons. The predicted molar refractivity (Wildman–Crippen MR) is 236 cm³/mol. The first kappa shape index (κ1) is 47.4. The van der Waals surface area contributed by atoms with E-state index in [9.17, 15) is 16.8 Å². The van der Waals surface area contributed by atoms with E-state index >= 15 is 0 Å². The van der Waals surface area contributed by atoms with Gasteiger partial charge >= 0.3 is 0 Å². The summed E-state index contributed by atoms with van der Waals surface area (Å²) in [7, 11) is 10.0. The molecule has 1 aliphatic heterocycles. The standard InChI is InChI=1S/C14H19NO2S.C12H15NO2S.H8P6.S6/c1-5-10-15(11-12(2)3)18(16,17)14-8-6-13(4)7-9-14;1-10-3-5-12(6-4-10)16(14,15)13-8-7-11(2)9-13;1-5(2)6(3)4;1-3-5-6-4-2/h5-9H,1-2,10-11H2,3-4H3;3-7H,8-9H2,1-2H3;1-4H2;. The van der Waals surface area contributed by atoms with Gasteiger partial charge in [0.25, 0.3) is 0 Å². The van der Waals surface area contributed by atoms with Gasteiger partial charge < -0.3 is 0 Å². The topological polar surface area (TPSA) is 74.8 Å². The van der Waals surface area contributed by atoms with E-state index in [-0.39, 0.29) is 20.5 Å². The quantitative estimate of drug-likeness (QED) is 0.190. The highest BCUT2D eigenvalue weighted by Crippen LogP contribution is 2.86. The summed E-state index contributed by atoms with van der Waals surface area (Å²) in [6, 6.07) is 13.8. The molecule has 0 aromatic heterocycles. The molecule has 0 spiro atoms. The van der Waals surface area contributed by atoms with Crippen molar-refractivity contribution in [2.75, 3.05) is 26.2 Å². The normalized spacial score (nSPS) is 12.8. The summed E-state index contributed by atoms with van der Waals surface area (Å²) in [4.78, 5) is 0.678. The van der Waals surface area contributed by atoms with E-state index in [2.05, 4.69) is 71.2 Å². The fraction of sp³-hybridized carbons (Fsp3) is 0.308. The maximum absolute atomic E-state index is 12.4. The molecular weight excluding hydrogens is 847 g/mol. The number of hydrogen-bond acceptors (Lipinski definition) is 6. The van der Waals surface area contributed by atoms with Crippen molar-refractivity contribution in [2.45, 2.75) is 37.5 Å². The van der Waals surface area contributed by atoms with E-state index in [0.29, 0.717) is 29.4 Å². The second-order valence-electron chi connectivity index (χ2n) is 9.55. The van der Waals surface area contributed by atoms with Crippen LogP contribution in [0.3, 0.4) is 0 Å². The molecule has 1 heterocycles. The Labute approximate surface area is 309 Å². The molecule has 0 amide bonds. The Bertz CT molecular complexity index is 1670. The van der Waals surface area contributed by atoms with E-state index in [1.165, 1.54) is 44.1 Å². The average molecular weight is 889 g/mol. The Morgan fingerprint density at radius 1 is 0.891 bits per heavy atom. The molecule has 3 rings (SSSR count). The largest absolute Gasteiger partial charge is 0.243 e. The van der Waals surface area contributed by atoms with E-state index < -0.39 is 20.0 Å². The van der Waals surface area contributed by atoms with Crippen LogP contribution in [0.25, 0.3) is 0 Å². The van der Waals surface area contributed by atoms with Crippen molar-refractivity contribution in [3.05, 3.63) is 96.1 Å². The van der Waals surface area contributed by atoms with Crippen molar-refractivity contribution in [1.29, 1.82) is 0 Å². The summed E-state index contributed by atoms with van der Waals surface area (Å²) in [5.41, 5.74) is 4.00. The van der Waals surface area contributed by atoms with Crippen molar-refractivity contribution in [1.82, 2.24) is 8.61 Å². The van der Waals surface area contributed by atoms with Crippen LogP contribution in [-0.2, 0) is 77.9 Å². The highest BCUT2D eigenvalue weighted by molar-refractivity contribution is 8.92. The minimum absolute atomic E-state index is 0.165. The first-order valence-electron chi connectivity index (χ1n) is 13.0. The van der Waals surface area contributed by atoms with Crippen LogP contribution in [0.4, 0.5) is 0 Å². The molecule has 0 fully saturated rings. The van der Waals surface area contributed by atoms with Crippen LogP contribution in [0.5, 0.6) is 0 Å². The van der Waals surface area contributed by atoms with Crippen molar-refractivity contribution >= 4 is 128 Å². The number of benzene rings is 2. The SMILES string of the molecule is C=CCN(CC(=C)C)S(=O)(=O)c1ccc(C)cc1.CC1=CCN(S(=O)(=O)c2ccc(C)cc2)C1.PP(P)P(P)P.S=S=S=S=S=S. The summed E-state index contributed by atoms with van der Waals surface area (Å²) in [6.45, 7) is 16.9. The minimum atomic E-state index is -3.47. The zero-order chi connectivity index (χ0) is 35.5. The average Bonchev–Trinajstić information content (AvgIpc) is 3.44. The molecule has 4 unspecified atom stereocenters. The number of aryl methyl sites for hydroxylation is 2. The third-order valence-corrected chi connectivity index (χ3v) is 37.2. The van der Waals surface area contributed by atoms with Gasteiger partial charge in [-0.15, -0.1) is 42.3 Å². The third-order valence-electron chi connectivity index (χ3n) is 5.52. The van der Waals surface area contributed by atoms with Gasteiger partial charge in [-0.25, -0.2) is 16.8 Å². The van der Waals surface area contributed by atoms with Crippen LogP contribution in [0, 0.1) is 13.8 Å². The predicted octanol–water partition coefficient (Wildman–Crippen LogP) is 7.70. The van der Waals surface area contributed by atoms with Gasteiger partial charge in [-0.05, 0) is 65.9 Å². The van der Waals surface area contributed by atoms with Gasteiger partial charge in [-0.1, -0.05) is 65.3 Å². The molecule has 0 bridgehead atoms. The van der Waals surface area contributed by atoms with Gasteiger partial charge in [0, 0.05) is 84.1 Å². The molecule has 4 atom stereocenters. The lowest BCUT2D eigenvalue weighted by molar-refractivity contribution is 0.467. The van der Waals surface area contributed by atoms with Gasteiger partial charge in [0.2, 0.25) is 20.0 Å². The number of sulfonamides is 2. The maximum atomic E-state index is 12.4. The Hall–Kier alpha value is 1.38. The maximum Gasteiger partial charge on any atom is 0.243 e. The van der Waals surface area contributed by atoms with Gasteiger partial charge in [0.15, 0.2) is 0 Å². The fourth-order valence-corrected chi connectivity index (χ4v) is 11.7. The van der Waals surface area contributed by atoms with Crippen LogP contribution >= 0.6 is 49.7 Å². The summed E-state index contributed by atoms with van der Waals surface area (Å²) >= 11 is 9.03. The second kappa shape index (κ2) is 25.4. The van der Waals surface area contributed by atoms with E-state index in [4.69, 9.17) is 0 Å². The smallest absolute Gasteiger partial charge is 0.207 e. The third kappa shape index (κ3) is 19.1. The van der Waals surface area contributed by atoms with Gasteiger partial charge in [0.05, 0.1) is 9.79 Å². The van der Waals surface area contributed by atoms with E-state index in [1.807, 2.05) is 39.0 Å². The van der Waals surface area contributed by atoms with E-state index in [0.717, 1.165) is 22.3 Å². The molecule has 2 aromatic carbocycles. The first-order valence-corrected chi connectivity index (χ1v) is 32.4. The highest BCUT2D eigenvalue weighted by Gasteiger charge is 2.26. The fourth-order valence-electron chi connectivity index (χ4n) is 3.28. The molecule has 20 heteroatoms. The molecule has 0 aliphatic carbocycles. The summed E-state index contributed by atoms with van der Waals surface area (Å²) < 4.78 is 52.0. The number of hydrogen-bond donors (Lipinski definition) is 0. The van der Waals surface area contributed by atoms with Crippen LogP contribution in [0.15, 0.2) is 94.8 Å². The Morgan fingerprint density at radius 3 is 1.65 bits per heavy atom. The van der Waals surface area contributed by atoms with Crippen LogP contribution in [0.2, 0.25) is 0 Å².